The molecule has 0 saturated heterocycles. The van der Waals surface area contributed by atoms with Gasteiger partial charge < -0.3 is 5.73 Å². The molecule has 4 heteroatoms. The number of nitrogens with two attached hydrogens (primary N) is 1. The van der Waals surface area contributed by atoms with Gasteiger partial charge in [-0.3, -0.25) is 0 Å². The van der Waals surface area contributed by atoms with Crippen molar-refractivity contribution in [3.8, 4) is 0 Å². The third-order valence-corrected chi connectivity index (χ3v) is 1.97. The zero-order valence-corrected chi connectivity index (χ0v) is 7.43. The molecule has 0 aliphatic rings. The Bertz CT molecular complexity index is 220. The normalized spacial score (nSPS) is 10.5. The maximum atomic E-state index is 5.33. The van der Waals surface area contributed by atoms with Gasteiger partial charge >= 0.3 is 0 Å². The van der Waals surface area contributed by atoms with Crippen LogP contribution in [0.5, 0.6) is 0 Å². The largest absolute Gasteiger partial charge is 0.368 e. The van der Waals surface area contributed by atoms with Gasteiger partial charge in [-0.05, 0) is 0 Å². The number of rotatable bonds is 2. The average molecular weight is 169 g/mol. The Labute approximate surface area is 70.4 Å². The molecule has 0 aliphatic carbocycles. The minimum atomic E-state index is 0.332. The molecule has 1 aromatic heterocycles. The van der Waals surface area contributed by atoms with E-state index in [2.05, 4.69) is 23.8 Å². The SMILES string of the molecule is CC(C)Sc1cnc(N)nc1. The van der Waals surface area contributed by atoms with Crippen molar-refractivity contribution in [1.82, 2.24) is 9.97 Å². The van der Waals surface area contributed by atoms with Crippen LogP contribution in [0, 0.1) is 0 Å². The highest BCUT2D eigenvalue weighted by molar-refractivity contribution is 7.99. The van der Waals surface area contributed by atoms with E-state index in [9.17, 15) is 0 Å². The quantitative estimate of drug-likeness (QED) is 0.682. The van der Waals surface area contributed by atoms with E-state index in [1.807, 2.05) is 0 Å². The molecule has 0 amide bonds. The fourth-order valence-corrected chi connectivity index (χ4v) is 1.43. The highest BCUT2D eigenvalue weighted by atomic mass is 32.2. The molecule has 1 aromatic rings. The number of thioether (sulfide) groups is 1. The highest BCUT2D eigenvalue weighted by Gasteiger charge is 1.97. The lowest BCUT2D eigenvalue weighted by molar-refractivity contribution is 1.08. The number of hydrogen-bond donors (Lipinski definition) is 1. The van der Waals surface area contributed by atoms with Gasteiger partial charge in [-0.25, -0.2) is 9.97 Å². The van der Waals surface area contributed by atoms with Crippen LogP contribution in [0.25, 0.3) is 0 Å². The van der Waals surface area contributed by atoms with Gasteiger partial charge in [-0.15, -0.1) is 11.8 Å². The molecule has 0 atom stereocenters. The third-order valence-electron chi connectivity index (χ3n) is 1.02. The molecule has 0 aliphatic heterocycles. The molecule has 2 N–H and O–H groups in total. The van der Waals surface area contributed by atoms with Crippen LogP contribution in [0.1, 0.15) is 13.8 Å². The van der Waals surface area contributed by atoms with Crippen molar-refractivity contribution in [1.29, 1.82) is 0 Å². The summed E-state index contributed by atoms with van der Waals surface area (Å²) in [5.41, 5.74) is 5.33. The van der Waals surface area contributed by atoms with Crippen molar-refractivity contribution in [2.24, 2.45) is 0 Å². The van der Waals surface area contributed by atoms with Crippen LogP contribution in [-0.2, 0) is 0 Å². The molecule has 0 saturated carbocycles. The van der Waals surface area contributed by atoms with E-state index in [1.54, 1.807) is 24.2 Å². The first-order valence-corrected chi connectivity index (χ1v) is 4.30. The van der Waals surface area contributed by atoms with Crippen LogP contribution < -0.4 is 5.73 Å². The van der Waals surface area contributed by atoms with Gasteiger partial charge in [0.1, 0.15) is 0 Å². The minimum Gasteiger partial charge on any atom is -0.368 e. The summed E-state index contributed by atoms with van der Waals surface area (Å²) < 4.78 is 0. The lowest BCUT2D eigenvalue weighted by Gasteiger charge is -2.02. The molecule has 1 heterocycles. The molecular weight excluding hydrogens is 158 g/mol. The molecule has 0 fully saturated rings. The van der Waals surface area contributed by atoms with Gasteiger partial charge in [0.2, 0.25) is 5.95 Å². The topological polar surface area (TPSA) is 51.8 Å². The van der Waals surface area contributed by atoms with E-state index in [-0.39, 0.29) is 0 Å². The lowest BCUT2D eigenvalue weighted by atomic mass is 10.6. The van der Waals surface area contributed by atoms with Gasteiger partial charge in [0, 0.05) is 22.5 Å². The number of nitrogen functional groups attached to an aromatic ring is 1. The van der Waals surface area contributed by atoms with E-state index in [0.29, 0.717) is 11.2 Å². The van der Waals surface area contributed by atoms with Crippen LogP contribution in [0.15, 0.2) is 17.3 Å². The van der Waals surface area contributed by atoms with Crippen LogP contribution >= 0.6 is 11.8 Å². The molecule has 1 rings (SSSR count). The second kappa shape index (κ2) is 3.57. The summed E-state index contributed by atoms with van der Waals surface area (Å²) in [4.78, 5) is 8.82. The fraction of sp³-hybridized carbons (Fsp3) is 0.429. The van der Waals surface area contributed by atoms with Gasteiger partial charge in [0.05, 0.1) is 0 Å². The Kier molecular flexibility index (Phi) is 2.70. The standard InChI is InChI=1S/C7H11N3S/c1-5(2)11-6-3-9-7(8)10-4-6/h3-5H,1-2H3,(H2,8,9,10). The molecule has 11 heavy (non-hydrogen) atoms. The summed E-state index contributed by atoms with van der Waals surface area (Å²) in [7, 11) is 0. The van der Waals surface area contributed by atoms with Crippen molar-refractivity contribution in [2.45, 2.75) is 24.0 Å². The summed E-state index contributed by atoms with van der Waals surface area (Å²) in [6, 6.07) is 0. The average Bonchev–Trinajstić information content (AvgIpc) is 1.93. The predicted molar refractivity (Wildman–Crippen MR) is 47.4 cm³/mol. The Hall–Kier alpha value is -0.770. The second-order valence-electron chi connectivity index (χ2n) is 2.44. The summed E-state index contributed by atoms with van der Waals surface area (Å²) in [5, 5.41) is 0.558. The van der Waals surface area contributed by atoms with Crippen LogP contribution in [-0.4, -0.2) is 15.2 Å². The first-order chi connectivity index (χ1) is 5.18. The molecule has 0 spiro atoms. The lowest BCUT2D eigenvalue weighted by Crippen LogP contribution is -1.94. The highest BCUT2D eigenvalue weighted by Crippen LogP contribution is 2.20. The smallest absolute Gasteiger partial charge is 0.219 e. The molecular formula is C7H11N3S. The van der Waals surface area contributed by atoms with Crippen molar-refractivity contribution in [2.75, 3.05) is 5.73 Å². The van der Waals surface area contributed by atoms with E-state index in [1.165, 1.54) is 0 Å². The Morgan fingerprint density at radius 1 is 1.36 bits per heavy atom. The Morgan fingerprint density at radius 2 is 1.91 bits per heavy atom. The number of anilines is 1. The number of nitrogens with zero attached hydrogens (tertiary/aromatic N) is 2. The van der Waals surface area contributed by atoms with Crippen molar-refractivity contribution >= 4 is 17.7 Å². The zero-order valence-electron chi connectivity index (χ0n) is 6.61. The molecule has 0 aromatic carbocycles. The molecule has 0 unspecified atom stereocenters. The molecule has 0 bridgehead atoms. The van der Waals surface area contributed by atoms with Crippen LogP contribution in [0.2, 0.25) is 0 Å². The number of hydrogen-bond acceptors (Lipinski definition) is 4. The minimum absolute atomic E-state index is 0.332. The first kappa shape index (κ1) is 8.33. The molecule has 0 radical (unpaired) electrons. The van der Waals surface area contributed by atoms with E-state index < -0.39 is 0 Å². The summed E-state index contributed by atoms with van der Waals surface area (Å²) in [5.74, 6) is 0.332. The summed E-state index contributed by atoms with van der Waals surface area (Å²) in [6.07, 6.45) is 3.49. The van der Waals surface area contributed by atoms with Crippen molar-refractivity contribution in [3.05, 3.63) is 12.4 Å². The summed E-state index contributed by atoms with van der Waals surface area (Å²) >= 11 is 1.73. The first-order valence-electron chi connectivity index (χ1n) is 3.42. The number of aromatic nitrogens is 2. The van der Waals surface area contributed by atoms with E-state index >= 15 is 0 Å². The predicted octanol–water partition coefficient (Wildman–Crippen LogP) is 1.56. The summed E-state index contributed by atoms with van der Waals surface area (Å²) in [6.45, 7) is 4.25. The van der Waals surface area contributed by atoms with Gasteiger partial charge in [-0.1, -0.05) is 13.8 Å². The van der Waals surface area contributed by atoms with Crippen LogP contribution in [0.4, 0.5) is 5.95 Å². The Morgan fingerprint density at radius 3 is 2.36 bits per heavy atom. The van der Waals surface area contributed by atoms with E-state index in [4.69, 9.17) is 5.73 Å². The van der Waals surface area contributed by atoms with E-state index in [0.717, 1.165) is 4.90 Å². The van der Waals surface area contributed by atoms with Crippen molar-refractivity contribution < 1.29 is 0 Å². The zero-order chi connectivity index (χ0) is 8.27. The second-order valence-corrected chi connectivity index (χ2v) is 4.09. The monoisotopic (exact) mass is 169 g/mol. The van der Waals surface area contributed by atoms with Gasteiger partial charge in [0.15, 0.2) is 0 Å². The third kappa shape index (κ3) is 2.76. The van der Waals surface area contributed by atoms with Gasteiger partial charge in [0.25, 0.3) is 0 Å². The maximum Gasteiger partial charge on any atom is 0.219 e. The molecule has 60 valence electrons. The van der Waals surface area contributed by atoms with Crippen molar-refractivity contribution in [3.63, 3.8) is 0 Å². The van der Waals surface area contributed by atoms with Crippen LogP contribution in [0.3, 0.4) is 0 Å². The maximum absolute atomic E-state index is 5.33. The molecule has 3 nitrogen and oxygen atoms in total. The Balaban J connectivity index is 2.66. The van der Waals surface area contributed by atoms with Gasteiger partial charge in [-0.2, -0.15) is 0 Å². The fourth-order valence-electron chi connectivity index (χ4n) is 0.659.